The highest BCUT2D eigenvalue weighted by atomic mass is 28.3. The van der Waals surface area contributed by atoms with Gasteiger partial charge in [-0.1, -0.05) is 18.2 Å². The van der Waals surface area contributed by atoms with Gasteiger partial charge >= 0.3 is 9.28 Å². The smallest absolute Gasteiger partial charge is 0.399 e. The van der Waals surface area contributed by atoms with Crippen LogP contribution >= 0.6 is 0 Å². The number of hydrogen-bond acceptors (Lipinski definition) is 3. The summed E-state index contributed by atoms with van der Waals surface area (Å²) in [7, 11) is -1.38. The molecule has 0 saturated carbocycles. The molecule has 0 aliphatic carbocycles. The third-order valence-electron chi connectivity index (χ3n) is 1.73. The second-order valence-electron chi connectivity index (χ2n) is 2.74. The lowest BCUT2D eigenvalue weighted by Crippen LogP contribution is -2.38. The topological polar surface area (TPSA) is 44.5 Å². The van der Waals surface area contributed by atoms with Crippen LogP contribution in [0.4, 0.5) is 5.69 Å². The molecule has 14 heavy (non-hydrogen) atoms. The molecule has 77 valence electrons. The lowest BCUT2D eigenvalue weighted by Gasteiger charge is -2.14. The second-order valence-corrected chi connectivity index (χ2v) is 4.43. The Morgan fingerprint density at radius 3 is 2.21 bits per heavy atom. The fraction of sp³-hybridized carbons (Fsp3) is 0.400. The van der Waals surface area contributed by atoms with Crippen molar-refractivity contribution < 1.29 is 8.85 Å². The summed E-state index contributed by atoms with van der Waals surface area (Å²) in [4.78, 5) is 0. The summed E-state index contributed by atoms with van der Waals surface area (Å²) < 4.78 is 11.1. The van der Waals surface area contributed by atoms with Gasteiger partial charge in [0.15, 0.2) is 0 Å². The Morgan fingerprint density at radius 2 is 1.71 bits per heavy atom. The third kappa shape index (κ3) is 2.83. The molecule has 0 aliphatic heterocycles. The largest absolute Gasteiger partial charge is 0.425 e. The van der Waals surface area contributed by atoms with Crippen LogP contribution in [-0.2, 0) is 8.85 Å². The van der Waals surface area contributed by atoms with E-state index < -0.39 is 9.28 Å². The molecule has 0 bridgehead atoms. The molecule has 1 aromatic carbocycles. The number of para-hydroxylation sites is 1. The SMILES string of the molecule is CCO[Si](OCC)c1ccccc1N. The predicted octanol–water partition coefficient (Wildman–Crippen LogP) is 1.04. The van der Waals surface area contributed by atoms with E-state index in [2.05, 4.69) is 0 Å². The predicted molar refractivity (Wildman–Crippen MR) is 59.5 cm³/mol. The Morgan fingerprint density at radius 1 is 1.14 bits per heavy atom. The molecule has 2 N–H and O–H groups in total. The number of rotatable bonds is 5. The van der Waals surface area contributed by atoms with Crippen LogP contribution in [0.15, 0.2) is 24.3 Å². The van der Waals surface area contributed by atoms with Gasteiger partial charge in [-0.2, -0.15) is 0 Å². The van der Waals surface area contributed by atoms with Crippen LogP contribution in [0.3, 0.4) is 0 Å². The average molecular weight is 210 g/mol. The quantitative estimate of drug-likeness (QED) is 0.583. The summed E-state index contributed by atoms with van der Waals surface area (Å²) in [6, 6.07) is 7.71. The van der Waals surface area contributed by atoms with Crippen molar-refractivity contribution in [2.45, 2.75) is 13.8 Å². The molecular formula is C10H16NO2Si. The van der Waals surface area contributed by atoms with Crippen LogP contribution < -0.4 is 10.9 Å². The van der Waals surface area contributed by atoms with Gasteiger partial charge in [-0.05, 0) is 19.9 Å². The van der Waals surface area contributed by atoms with Gasteiger partial charge in [0, 0.05) is 24.1 Å². The van der Waals surface area contributed by atoms with Crippen LogP contribution in [0, 0.1) is 0 Å². The van der Waals surface area contributed by atoms with Crippen molar-refractivity contribution in [3.8, 4) is 0 Å². The molecule has 0 fully saturated rings. The second kappa shape index (κ2) is 5.80. The standard InChI is InChI=1S/C10H16NO2Si/c1-3-12-14(13-4-2)10-8-6-5-7-9(10)11/h5-8H,3-4,11H2,1-2H3. The first kappa shape index (κ1) is 11.2. The van der Waals surface area contributed by atoms with E-state index in [0.29, 0.717) is 13.2 Å². The van der Waals surface area contributed by atoms with Crippen molar-refractivity contribution in [3.63, 3.8) is 0 Å². The number of nitrogens with two attached hydrogens (primary N) is 1. The fourth-order valence-electron chi connectivity index (χ4n) is 1.14. The van der Waals surface area contributed by atoms with Crippen molar-refractivity contribution in [3.05, 3.63) is 24.3 Å². The van der Waals surface area contributed by atoms with Crippen LogP contribution in [-0.4, -0.2) is 22.5 Å². The summed E-state index contributed by atoms with van der Waals surface area (Å²) >= 11 is 0. The van der Waals surface area contributed by atoms with E-state index in [0.717, 1.165) is 10.9 Å². The summed E-state index contributed by atoms with van der Waals surface area (Å²) in [5.74, 6) is 0. The highest BCUT2D eigenvalue weighted by Crippen LogP contribution is 2.01. The minimum Gasteiger partial charge on any atom is -0.399 e. The molecule has 1 rings (SSSR count). The summed E-state index contributed by atoms with van der Waals surface area (Å²) in [5, 5.41) is 1.00. The Labute approximate surface area is 86.7 Å². The Bertz CT molecular complexity index is 275. The van der Waals surface area contributed by atoms with E-state index in [9.17, 15) is 0 Å². The van der Waals surface area contributed by atoms with Crippen molar-refractivity contribution in [2.24, 2.45) is 0 Å². The van der Waals surface area contributed by atoms with Crippen molar-refractivity contribution >= 4 is 20.2 Å². The van der Waals surface area contributed by atoms with Gasteiger partial charge < -0.3 is 14.6 Å². The molecule has 0 amide bonds. The first-order valence-corrected chi connectivity index (χ1v) is 6.08. The summed E-state index contributed by atoms with van der Waals surface area (Å²) in [5.41, 5.74) is 6.60. The fourth-order valence-corrected chi connectivity index (χ4v) is 2.61. The Kier molecular flexibility index (Phi) is 4.65. The normalized spacial score (nSPS) is 10.8. The maximum atomic E-state index is 5.85. The summed E-state index contributed by atoms with van der Waals surface area (Å²) in [6.45, 7) is 5.23. The van der Waals surface area contributed by atoms with Gasteiger partial charge in [0.2, 0.25) is 0 Å². The molecule has 1 radical (unpaired) electrons. The van der Waals surface area contributed by atoms with E-state index in [1.54, 1.807) is 0 Å². The zero-order valence-electron chi connectivity index (χ0n) is 8.62. The van der Waals surface area contributed by atoms with Crippen molar-refractivity contribution in [1.82, 2.24) is 0 Å². The van der Waals surface area contributed by atoms with E-state index in [-0.39, 0.29) is 0 Å². The van der Waals surface area contributed by atoms with Crippen LogP contribution in [0.5, 0.6) is 0 Å². The molecule has 0 heterocycles. The number of anilines is 1. The third-order valence-corrected chi connectivity index (χ3v) is 3.73. The molecule has 0 unspecified atom stereocenters. The van der Waals surface area contributed by atoms with Crippen LogP contribution in [0.1, 0.15) is 13.8 Å². The molecule has 3 nitrogen and oxygen atoms in total. The highest BCUT2D eigenvalue weighted by Gasteiger charge is 2.19. The summed E-state index contributed by atoms with van der Waals surface area (Å²) in [6.07, 6.45) is 0. The average Bonchev–Trinajstić information content (AvgIpc) is 2.18. The van der Waals surface area contributed by atoms with Gasteiger partial charge in [0.25, 0.3) is 0 Å². The molecule has 1 aromatic rings. The molecule has 0 spiro atoms. The van der Waals surface area contributed by atoms with E-state index >= 15 is 0 Å². The maximum Gasteiger partial charge on any atom is 0.425 e. The van der Waals surface area contributed by atoms with Gasteiger partial charge in [0.05, 0.1) is 0 Å². The first-order valence-electron chi connectivity index (χ1n) is 4.77. The number of hydrogen-bond donors (Lipinski definition) is 1. The molecule has 0 aliphatic rings. The van der Waals surface area contributed by atoms with Crippen LogP contribution in [0.2, 0.25) is 0 Å². The van der Waals surface area contributed by atoms with Gasteiger partial charge in [0.1, 0.15) is 0 Å². The van der Waals surface area contributed by atoms with Crippen molar-refractivity contribution in [2.75, 3.05) is 18.9 Å². The lowest BCUT2D eigenvalue weighted by molar-refractivity contribution is 0.225. The Hall–Kier alpha value is -0.843. The van der Waals surface area contributed by atoms with Gasteiger partial charge in [-0.15, -0.1) is 0 Å². The molecule has 0 saturated heterocycles. The highest BCUT2D eigenvalue weighted by molar-refractivity contribution is 6.63. The van der Waals surface area contributed by atoms with E-state index in [1.807, 2.05) is 38.1 Å². The van der Waals surface area contributed by atoms with Gasteiger partial charge in [-0.3, -0.25) is 0 Å². The van der Waals surface area contributed by atoms with Crippen molar-refractivity contribution in [1.29, 1.82) is 0 Å². The first-order chi connectivity index (χ1) is 6.79. The van der Waals surface area contributed by atoms with Gasteiger partial charge in [-0.25, -0.2) is 0 Å². The monoisotopic (exact) mass is 210 g/mol. The lowest BCUT2D eigenvalue weighted by atomic mass is 10.3. The van der Waals surface area contributed by atoms with E-state index in [1.165, 1.54) is 0 Å². The number of benzene rings is 1. The minimum absolute atomic E-state index is 0.655. The van der Waals surface area contributed by atoms with E-state index in [4.69, 9.17) is 14.6 Å². The number of nitrogen functional groups attached to an aromatic ring is 1. The zero-order valence-corrected chi connectivity index (χ0v) is 9.62. The molecule has 0 aromatic heterocycles. The molecule has 4 heteroatoms. The van der Waals surface area contributed by atoms with Crippen LogP contribution in [0.25, 0.3) is 0 Å². The minimum atomic E-state index is -1.38. The molecular weight excluding hydrogens is 194 g/mol. The Balaban J connectivity index is 2.81. The zero-order chi connectivity index (χ0) is 10.4. The maximum absolute atomic E-state index is 5.85. The molecule has 0 atom stereocenters.